The highest BCUT2D eigenvalue weighted by Crippen LogP contribution is 2.50. The molecule has 2 aliphatic rings. The third kappa shape index (κ3) is 6.42. The van der Waals surface area contributed by atoms with Crippen LogP contribution in [0.25, 0.3) is 10.9 Å². The molecule has 1 N–H and O–H groups in total. The number of methoxy groups -OCH3 is 1. The molecule has 2 aromatic carbocycles. The fraction of sp³-hybridized carbons (Fsp3) is 0.571. The summed E-state index contributed by atoms with van der Waals surface area (Å²) in [7, 11) is -0.394. The third-order valence-corrected chi connectivity index (χ3v) is 14.5. The van der Waals surface area contributed by atoms with Crippen molar-refractivity contribution in [2.24, 2.45) is 0 Å². The molecule has 240 valence electrons. The van der Waals surface area contributed by atoms with Crippen LogP contribution in [-0.4, -0.2) is 68.1 Å². The predicted octanol–water partition coefficient (Wildman–Crippen LogP) is 8.16. The molecule has 44 heavy (non-hydrogen) atoms. The van der Waals surface area contributed by atoms with Crippen molar-refractivity contribution in [1.29, 1.82) is 0 Å². The smallest absolute Gasteiger partial charge is 0.410 e. The molecule has 1 saturated heterocycles. The zero-order valence-electron chi connectivity index (χ0n) is 28.0. The van der Waals surface area contributed by atoms with Crippen LogP contribution in [0.4, 0.5) is 9.18 Å². The average molecular weight is 624 g/mol. The number of nitrogens with one attached hydrogen (secondary N) is 1. The van der Waals surface area contributed by atoms with E-state index in [0.29, 0.717) is 31.8 Å². The van der Waals surface area contributed by atoms with Gasteiger partial charge in [-0.3, -0.25) is 4.90 Å². The Bertz CT molecular complexity index is 1500. The van der Waals surface area contributed by atoms with Crippen LogP contribution in [0.15, 0.2) is 42.5 Å². The minimum atomic E-state index is -2.08. The van der Waals surface area contributed by atoms with Crippen LogP contribution in [0.5, 0.6) is 5.75 Å². The minimum Gasteiger partial charge on any atom is -0.497 e. The lowest BCUT2D eigenvalue weighted by atomic mass is 9.68. The maximum atomic E-state index is 15.1. The summed E-state index contributed by atoms with van der Waals surface area (Å²) < 4.78 is 33.3. The summed E-state index contributed by atoms with van der Waals surface area (Å²) in [4.78, 5) is 21.1. The minimum absolute atomic E-state index is 0.0599. The number of amides is 1. The highest BCUT2D eigenvalue weighted by Gasteiger charge is 2.49. The molecule has 1 unspecified atom stereocenters. The molecule has 3 heterocycles. The lowest BCUT2D eigenvalue weighted by Gasteiger charge is -2.51. The van der Waals surface area contributed by atoms with Crippen molar-refractivity contribution in [2.45, 2.75) is 96.1 Å². The summed E-state index contributed by atoms with van der Waals surface area (Å²) in [6, 6.07) is 13.2. The van der Waals surface area contributed by atoms with Gasteiger partial charge in [-0.1, -0.05) is 39.0 Å². The van der Waals surface area contributed by atoms with Gasteiger partial charge in [0.05, 0.1) is 19.8 Å². The maximum Gasteiger partial charge on any atom is 0.410 e. The van der Waals surface area contributed by atoms with E-state index in [1.54, 1.807) is 13.2 Å². The standard InChI is InChI=1S/C35H50FN3O4Si/c1-33(2,3)43-32(40)38-18-16-35(17-19-38)23-39(21-24-12-10-11-13-27(24)36)29(22-42-44(8,9)34(4,5)6)31-30(35)26-15-14-25(41-7)20-28(26)37-31/h10-15,20,29,37H,16-19,21-23H2,1-9H3. The van der Waals surface area contributed by atoms with E-state index >= 15 is 4.39 Å². The van der Waals surface area contributed by atoms with Gasteiger partial charge in [-0.25, -0.2) is 9.18 Å². The number of fused-ring (bicyclic) bond motifs is 4. The van der Waals surface area contributed by atoms with Gasteiger partial charge in [-0.2, -0.15) is 0 Å². The first-order chi connectivity index (χ1) is 20.5. The number of rotatable bonds is 6. The highest BCUT2D eigenvalue weighted by atomic mass is 28.4. The molecule has 7 nitrogen and oxygen atoms in total. The number of aromatic nitrogens is 1. The van der Waals surface area contributed by atoms with Crippen LogP contribution in [0.2, 0.25) is 18.1 Å². The Morgan fingerprint density at radius 2 is 1.75 bits per heavy atom. The van der Waals surface area contributed by atoms with Crippen LogP contribution in [0.1, 0.15) is 77.2 Å². The number of ether oxygens (including phenoxy) is 2. The number of H-pyrrole nitrogens is 1. The number of nitrogens with zero attached hydrogens (tertiary/aromatic N) is 2. The van der Waals surface area contributed by atoms with Gasteiger partial charge in [0.2, 0.25) is 0 Å². The Labute approximate surface area is 263 Å². The molecule has 2 aliphatic heterocycles. The number of halogens is 1. The molecule has 0 aliphatic carbocycles. The van der Waals surface area contributed by atoms with Gasteiger partial charge in [-0.15, -0.1) is 0 Å². The fourth-order valence-electron chi connectivity index (χ4n) is 6.46. The lowest BCUT2D eigenvalue weighted by Crippen LogP contribution is -2.55. The molecule has 0 bridgehead atoms. The van der Waals surface area contributed by atoms with Crippen molar-refractivity contribution in [2.75, 3.05) is 33.4 Å². The number of carbonyl (C=O) groups is 1. The van der Waals surface area contributed by atoms with E-state index in [9.17, 15) is 4.79 Å². The number of benzene rings is 2. The van der Waals surface area contributed by atoms with Gasteiger partial charge in [0.1, 0.15) is 17.2 Å². The molecule has 5 rings (SSSR count). The summed E-state index contributed by atoms with van der Waals surface area (Å²) in [5, 5.41) is 1.24. The maximum absolute atomic E-state index is 15.1. The number of carbonyl (C=O) groups excluding carboxylic acids is 1. The topological polar surface area (TPSA) is 67.0 Å². The van der Waals surface area contributed by atoms with E-state index in [-0.39, 0.29) is 28.4 Å². The van der Waals surface area contributed by atoms with E-state index in [4.69, 9.17) is 13.9 Å². The van der Waals surface area contributed by atoms with Crippen molar-refractivity contribution in [3.05, 3.63) is 65.1 Å². The number of hydrogen-bond donors (Lipinski definition) is 1. The van der Waals surface area contributed by atoms with Crippen LogP contribution in [0.3, 0.4) is 0 Å². The summed E-state index contributed by atoms with van der Waals surface area (Å²) in [5.74, 6) is 0.597. The van der Waals surface area contributed by atoms with Crippen molar-refractivity contribution in [3.63, 3.8) is 0 Å². The van der Waals surface area contributed by atoms with Gasteiger partial charge in [0.15, 0.2) is 8.32 Å². The summed E-state index contributed by atoms with van der Waals surface area (Å²) in [6.07, 6.45) is 1.29. The van der Waals surface area contributed by atoms with Crippen molar-refractivity contribution in [3.8, 4) is 5.75 Å². The first-order valence-electron chi connectivity index (χ1n) is 15.8. The molecule has 3 aromatic rings. The summed E-state index contributed by atoms with van der Waals surface area (Å²) in [6.45, 7) is 19.9. The van der Waals surface area contributed by atoms with E-state index in [1.807, 2.05) is 43.9 Å². The van der Waals surface area contributed by atoms with Crippen molar-refractivity contribution in [1.82, 2.24) is 14.8 Å². The number of piperidine rings is 1. The zero-order valence-corrected chi connectivity index (χ0v) is 29.0. The Hall–Kier alpha value is -2.88. The molecule has 0 radical (unpaired) electrons. The molecule has 0 saturated carbocycles. The average Bonchev–Trinajstić information content (AvgIpc) is 3.32. The number of aromatic amines is 1. The Balaban J connectivity index is 1.59. The molecule has 1 atom stereocenters. The predicted molar refractivity (Wildman–Crippen MR) is 176 cm³/mol. The second-order valence-electron chi connectivity index (χ2n) is 15.2. The molecule has 1 aromatic heterocycles. The fourth-order valence-corrected chi connectivity index (χ4v) is 7.47. The van der Waals surface area contributed by atoms with E-state index in [1.165, 1.54) is 17.0 Å². The quantitative estimate of drug-likeness (QED) is 0.281. The summed E-state index contributed by atoms with van der Waals surface area (Å²) >= 11 is 0. The number of hydrogen-bond acceptors (Lipinski definition) is 5. The SMILES string of the molecule is COc1ccc2c3c([nH]c2c1)C(CO[Si](C)(C)C(C)(C)C)N(Cc1ccccc1F)CC31CCN(C(=O)OC(C)(C)C)CC1. The van der Waals surface area contributed by atoms with E-state index in [2.05, 4.69) is 55.9 Å². The second-order valence-corrected chi connectivity index (χ2v) is 20.0. The van der Waals surface area contributed by atoms with Crippen LogP contribution in [-0.2, 0) is 21.1 Å². The van der Waals surface area contributed by atoms with Gasteiger partial charge in [0.25, 0.3) is 0 Å². The van der Waals surface area contributed by atoms with Gasteiger partial charge >= 0.3 is 6.09 Å². The van der Waals surface area contributed by atoms with E-state index < -0.39 is 13.9 Å². The first-order valence-corrected chi connectivity index (χ1v) is 18.7. The first kappa shape index (κ1) is 32.5. The lowest BCUT2D eigenvalue weighted by molar-refractivity contribution is 0.00721. The number of likely N-dealkylation sites (tertiary alicyclic amines) is 1. The van der Waals surface area contributed by atoms with Crippen LogP contribution in [0, 0.1) is 5.82 Å². The molecular weight excluding hydrogens is 573 g/mol. The Morgan fingerprint density at radius 3 is 2.36 bits per heavy atom. The monoisotopic (exact) mass is 623 g/mol. The third-order valence-electron chi connectivity index (χ3n) is 9.96. The summed E-state index contributed by atoms with van der Waals surface area (Å²) in [5.41, 5.74) is 3.33. The highest BCUT2D eigenvalue weighted by molar-refractivity contribution is 6.74. The van der Waals surface area contributed by atoms with Crippen molar-refractivity contribution >= 4 is 25.3 Å². The molecular formula is C35H50FN3O4Si. The van der Waals surface area contributed by atoms with Gasteiger partial charge in [0, 0.05) is 59.8 Å². The molecule has 1 fully saturated rings. The normalized spacial score (nSPS) is 19.3. The van der Waals surface area contributed by atoms with Gasteiger partial charge in [-0.05, 0) is 75.5 Å². The van der Waals surface area contributed by atoms with Crippen LogP contribution < -0.4 is 4.74 Å². The molecule has 1 spiro atoms. The van der Waals surface area contributed by atoms with Crippen molar-refractivity contribution < 1.29 is 23.1 Å². The largest absolute Gasteiger partial charge is 0.497 e. The van der Waals surface area contributed by atoms with Crippen LogP contribution >= 0.6 is 0 Å². The van der Waals surface area contributed by atoms with Gasteiger partial charge < -0.3 is 23.8 Å². The molecule has 1 amide bonds. The van der Waals surface area contributed by atoms with E-state index in [0.717, 1.165) is 36.3 Å². The zero-order chi connectivity index (χ0) is 32.1. The Kier molecular flexibility index (Phi) is 8.72. The Morgan fingerprint density at radius 1 is 1.07 bits per heavy atom. The second kappa shape index (κ2) is 11.8. The molecule has 9 heteroatoms.